The Morgan fingerprint density at radius 2 is 2.00 bits per heavy atom. The molecule has 1 saturated heterocycles. The topological polar surface area (TPSA) is 53.4 Å². The molecule has 146 valence electrons. The third kappa shape index (κ3) is 4.89. The number of likely N-dealkylation sites (N-methyl/N-ethyl adjacent to an activating group) is 1. The molecule has 27 heavy (non-hydrogen) atoms. The number of anilines is 1. The van der Waals surface area contributed by atoms with Crippen LogP contribution in [0, 0.1) is 12.8 Å². The second kappa shape index (κ2) is 8.57. The number of benzene rings is 1. The number of piperazine rings is 1. The zero-order chi connectivity index (χ0) is 19.4. The molecule has 1 aromatic heterocycles. The van der Waals surface area contributed by atoms with Crippen LogP contribution in [-0.4, -0.2) is 52.3 Å². The largest absolute Gasteiger partial charge is 0.323 e. The van der Waals surface area contributed by atoms with Crippen molar-refractivity contribution in [2.75, 3.05) is 32.0 Å². The molecule has 1 atom stereocenters. The van der Waals surface area contributed by atoms with Crippen LogP contribution in [0.5, 0.6) is 0 Å². The van der Waals surface area contributed by atoms with Crippen LogP contribution in [0.15, 0.2) is 36.4 Å². The molecule has 1 N–H and O–H groups in total. The maximum atomic E-state index is 13.1. The molecule has 0 bridgehead atoms. The summed E-state index contributed by atoms with van der Waals surface area (Å²) in [6.07, 6.45) is 1.03. The third-order valence-corrected chi connectivity index (χ3v) is 5.08. The summed E-state index contributed by atoms with van der Waals surface area (Å²) in [6.45, 7) is 9.59. The number of aromatic nitrogens is 2. The fourth-order valence-electron chi connectivity index (χ4n) is 3.50. The van der Waals surface area contributed by atoms with E-state index in [4.69, 9.17) is 0 Å². The summed E-state index contributed by atoms with van der Waals surface area (Å²) >= 11 is 0. The SMILES string of the molecule is Cc1cc(NC(=O)N2CCN(C)C[C@@H]2c2ccccc2)n(CCC(C)C)n1. The van der Waals surface area contributed by atoms with Gasteiger partial charge in [-0.25, -0.2) is 9.48 Å². The highest BCUT2D eigenvalue weighted by atomic mass is 16.2. The van der Waals surface area contributed by atoms with Crippen LogP contribution >= 0.6 is 0 Å². The highest BCUT2D eigenvalue weighted by Crippen LogP contribution is 2.26. The fourth-order valence-corrected chi connectivity index (χ4v) is 3.50. The second-order valence-corrected chi connectivity index (χ2v) is 7.89. The predicted octanol–water partition coefficient (Wildman–Crippen LogP) is 3.76. The number of carbonyl (C=O) groups excluding carboxylic acids is 1. The van der Waals surface area contributed by atoms with Gasteiger partial charge in [-0.3, -0.25) is 5.32 Å². The molecule has 1 aliphatic rings. The first-order valence-corrected chi connectivity index (χ1v) is 9.79. The lowest BCUT2D eigenvalue weighted by molar-refractivity contribution is 0.116. The van der Waals surface area contributed by atoms with Gasteiger partial charge in [-0.1, -0.05) is 44.2 Å². The van der Waals surface area contributed by atoms with Gasteiger partial charge in [0.25, 0.3) is 0 Å². The highest BCUT2D eigenvalue weighted by molar-refractivity contribution is 5.89. The summed E-state index contributed by atoms with van der Waals surface area (Å²) in [5.74, 6) is 1.38. The Morgan fingerprint density at radius 1 is 1.26 bits per heavy atom. The van der Waals surface area contributed by atoms with Crippen molar-refractivity contribution in [3.8, 4) is 0 Å². The van der Waals surface area contributed by atoms with Crippen molar-refractivity contribution in [2.24, 2.45) is 5.92 Å². The minimum absolute atomic E-state index is 0.0531. The Hall–Kier alpha value is -2.34. The van der Waals surface area contributed by atoms with Gasteiger partial charge in [-0.2, -0.15) is 5.10 Å². The molecule has 0 saturated carbocycles. The average Bonchev–Trinajstić information content (AvgIpc) is 2.99. The first-order valence-electron chi connectivity index (χ1n) is 9.79. The average molecular weight is 370 g/mol. The number of hydrogen-bond acceptors (Lipinski definition) is 3. The van der Waals surface area contributed by atoms with E-state index in [1.165, 1.54) is 5.56 Å². The number of amides is 2. The van der Waals surface area contributed by atoms with Crippen LogP contribution in [-0.2, 0) is 6.54 Å². The summed E-state index contributed by atoms with van der Waals surface area (Å²) < 4.78 is 1.92. The summed E-state index contributed by atoms with van der Waals surface area (Å²) in [5, 5.41) is 7.65. The van der Waals surface area contributed by atoms with Crippen molar-refractivity contribution >= 4 is 11.8 Å². The lowest BCUT2D eigenvalue weighted by Crippen LogP contribution is -2.50. The van der Waals surface area contributed by atoms with Gasteiger partial charge in [0.05, 0.1) is 11.7 Å². The van der Waals surface area contributed by atoms with Gasteiger partial charge >= 0.3 is 6.03 Å². The van der Waals surface area contributed by atoms with Gasteiger partial charge in [0.15, 0.2) is 0 Å². The number of hydrogen-bond donors (Lipinski definition) is 1. The third-order valence-electron chi connectivity index (χ3n) is 5.08. The van der Waals surface area contributed by atoms with Crippen molar-refractivity contribution in [1.82, 2.24) is 19.6 Å². The van der Waals surface area contributed by atoms with E-state index in [1.54, 1.807) is 0 Å². The minimum atomic E-state index is -0.0531. The molecule has 0 radical (unpaired) electrons. The van der Waals surface area contributed by atoms with Crippen LogP contribution in [0.2, 0.25) is 0 Å². The Bertz CT molecular complexity index is 755. The van der Waals surface area contributed by atoms with E-state index in [2.05, 4.69) is 48.3 Å². The van der Waals surface area contributed by atoms with E-state index in [-0.39, 0.29) is 12.1 Å². The molecule has 3 rings (SSSR count). The lowest BCUT2D eigenvalue weighted by Gasteiger charge is -2.40. The summed E-state index contributed by atoms with van der Waals surface area (Å²) in [5.41, 5.74) is 2.09. The van der Waals surface area contributed by atoms with Crippen LogP contribution in [0.25, 0.3) is 0 Å². The molecule has 6 nitrogen and oxygen atoms in total. The van der Waals surface area contributed by atoms with Crippen LogP contribution in [0.3, 0.4) is 0 Å². The van der Waals surface area contributed by atoms with Gasteiger partial charge in [-0.15, -0.1) is 0 Å². The molecule has 2 heterocycles. The molecule has 6 heteroatoms. The molecule has 0 aliphatic carbocycles. The van der Waals surface area contributed by atoms with Gasteiger partial charge in [0, 0.05) is 32.2 Å². The Kier molecular flexibility index (Phi) is 6.16. The number of urea groups is 1. The number of nitrogens with one attached hydrogen (secondary N) is 1. The van der Waals surface area contributed by atoms with E-state index in [0.717, 1.165) is 37.6 Å². The summed E-state index contributed by atoms with van der Waals surface area (Å²) in [4.78, 5) is 17.3. The van der Waals surface area contributed by atoms with E-state index >= 15 is 0 Å². The quantitative estimate of drug-likeness (QED) is 0.873. The number of rotatable bonds is 5. The van der Waals surface area contributed by atoms with E-state index in [0.29, 0.717) is 12.5 Å². The summed E-state index contributed by atoms with van der Waals surface area (Å²) in [7, 11) is 2.11. The van der Waals surface area contributed by atoms with Crippen molar-refractivity contribution in [2.45, 2.75) is 39.8 Å². The zero-order valence-corrected chi connectivity index (χ0v) is 16.9. The molecular weight excluding hydrogens is 338 g/mol. The van der Waals surface area contributed by atoms with Gasteiger partial charge in [0.1, 0.15) is 5.82 Å². The predicted molar refractivity (Wildman–Crippen MR) is 109 cm³/mol. The summed E-state index contributed by atoms with van der Waals surface area (Å²) in [6, 6.07) is 12.2. The first-order chi connectivity index (χ1) is 12.9. The van der Waals surface area contributed by atoms with Gasteiger partial charge < -0.3 is 9.80 Å². The van der Waals surface area contributed by atoms with Crippen LogP contribution in [0.4, 0.5) is 10.6 Å². The lowest BCUT2D eigenvalue weighted by atomic mass is 10.0. The number of carbonyl (C=O) groups is 1. The minimum Gasteiger partial charge on any atom is -0.315 e. The Morgan fingerprint density at radius 3 is 2.70 bits per heavy atom. The molecule has 0 unspecified atom stereocenters. The van der Waals surface area contributed by atoms with Gasteiger partial charge in [0.2, 0.25) is 0 Å². The van der Waals surface area contributed by atoms with Crippen molar-refractivity contribution in [3.63, 3.8) is 0 Å². The monoisotopic (exact) mass is 369 g/mol. The molecule has 1 aromatic carbocycles. The molecular formula is C21H31N5O. The van der Waals surface area contributed by atoms with E-state index < -0.39 is 0 Å². The second-order valence-electron chi connectivity index (χ2n) is 7.89. The number of aryl methyl sites for hydroxylation is 2. The fraction of sp³-hybridized carbons (Fsp3) is 0.524. The van der Waals surface area contributed by atoms with Crippen LogP contribution in [0.1, 0.15) is 37.6 Å². The number of nitrogens with zero attached hydrogens (tertiary/aromatic N) is 4. The Labute approximate surface area is 162 Å². The Balaban J connectivity index is 1.76. The molecule has 0 spiro atoms. The van der Waals surface area contributed by atoms with Crippen molar-refractivity contribution in [3.05, 3.63) is 47.7 Å². The normalized spacial score (nSPS) is 18.1. The smallest absolute Gasteiger partial charge is 0.315 e. The molecule has 1 fully saturated rings. The molecule has 2 amide bonds. The van der Waals surface area contributed by atoms with Crippen molar-refractivity contribution < 1.29 is 4.79 Å². The standard InChI is InChI=1S/C21H31N5O/c1-16(2)10-11-26-20(14-17(3)23-26)22-21(27)25-13-12-24(4)15-19(25)18-8-6-5-7-9-18/h5-9,14,16,19H,10-13,15H2,1-4H3,(H,22,27)/t19-/m1/s1. The van der Waals surface area contributed by atoms with Gasteiger partial charge in [-0.05, 0) is 31.9 Å². The maximum Gasteiger partial charge on any atom is 0.323 e. The first kappa shape index (κ1) is 19.4. The van der Waals surface area contributed by atoms with Crippen molar-refractivity contribution in [1.29, 1.82) is 0 Å². The molecule has 1 aliphatic heterocycles. The highest BCUT2D eigenvalue weighted by Gasteiger charge is 2.30. The van der Waals surface area contributed by atoms with E-state index in [9.17, 15) is 4.79 Å². The molecule has 2 aromatic rings. The van der Waals surface area contributed by atoms with Crippen LogP contribution < -0.4 is 5.32 Å². The zero-order valence-electron chi connectivity index (χ0n) is 16.9. The maximum absolute atomic E-state index is 13.1. The van der Waals surface area contributed by atoms with E-state index in [1.807, 2.05) is 40.8 Å².